The van der Waals surface area contributed by atoms with Gasteiger partial charge in [-0.15, -0.1) is 0 Å². The van der Waals surface area contributed by atoms with Crippen LogP contribution >= 0.6 is 15.9 Å². The Labute approximate surface area is 121 Å². The topological polar surface area (TPSA) is 49.8 Å². The lowest BCUT2D eigenvalue weighted by Crippen LogP contribution is -2.06. The Morgan fingerprint density at radius 2 is 1.89 bits per heavy atom. The van der Waals surface area contributed by atoms with E-state index in [9.17, 15) is 0 Å². The van der Waals surface area contributed by atoms with E-state index in [4.69, 9.17) is 0 Å². The van der Waals surface area contributed by atoms with E-state index in [2.05, 4.69) is 67.7 Å². The van der Waals surface area contributed by atoms with Gasteiger partial charge in [0.1, 0.15) is 22.4 Å². The Bertz CT molecular complexity index is 557. The standard InChI is InChI=1S/C14H17BrN4/c1-3-16-13-12(15)14(19-9-18-13)17-8-11-6-4-5-10(2)7-11/h4-7,9H,3,8H2,1-2H3,(H2,16,17,18,19). The highest BCUT2D eigenvalue weighted by molar-refractivity contribution is 9.10. The summed E-state index contributed by atoms with van der Waals surface area (Å²) in [5, 5.41) is 6.50. The number of halogens is 1. The average Bonchev–Trinajstić information content (AvgIpc) is 2.40. The van der Waals surface area contributed by atoms with Gasteiger partial charge in [-0.05, 0) is 35.3 Å². The van der Waals surface area contributed by atoms with Gasteiger partial charge in [0.05, 0.1) is 0 Å². The average molecular weight is 321 g/mol. The fraction of sp³-hybridized carbons (Fsp3) is 0.286. The van der Waals surface area contributed by atoms with Crippen LogP contribution in [0.1, 0.15) is 18.1 Å². The number of hydrogen-bond acceptors (Lipinski definition) is 4. The van der Waals surface area contributed by atoms with Crippen molar-refractivity contribution in [3.05, 3.63) is 46.2 Å². The first kappa shape index (κ1) is 13.8. The quantitative estimate of drug-likeness (QED) is 0.883. The molecule has 0 saturated heterocycles. The molecule has 4 nitrogen and oxygen atoms in total. The van der Waals surface area contributed by atoms with Crippen LogP contribution < -0.4 is 10.6 Å². The van der Waals surface area contributed by atoms with Gasteiger partial charge >= 0.3 is 0 Å². The molecule has 1 aromatic carbocycles. The maximum atomic E-state index is 4.25. The van der Waals surface area contributed by atoms with E-state index in [0.717, 1.165) is 29.2 Å². The summed E-state index contributed by atoms with van der Waals surface area (Å²) in [6, 6.07) is 8.41. The number of anilines is 2. The molecule has 0 bridgehead atoms. The minimum Gasteiger partial charge on any atom is -0.369 e. The fourth-order valence-corrected chi connectivity index (χ4v) is 2.28. The summed E-state index contributed by atoms with van der Waals surface area (Å²) in [6.07, 6.45) is 1.56. The van der Waals surface area contributed by atoms with E-state index in [-0.39, 0.29) is 0 Å². The molecular weight excluding hydrogens is 304 g/mol. The lowest BCUT2D eigenvalue weighted by atomic mass is 10.1. The Morgan fingerprint density at radius 3 is 2.58 bits per heavy atom. The van der Waals surface area contributed by atoms with Crippen molar-refractivity contribution >= 4 is 27.6 Å². The maximum Gasteiger partial charge on any atom is 0.146 e. The maximum absolute atomic E-state index is 4.25. The van der Waals surface area contributed by atoms with E-state index in [0.29, 0.717) is 0 Å². The largest absolute Gasteiger partial charge is 0.369 e. The highest BCUT2D eigenvalue weighted by atomic mass is 79.9. The Kier molecular flexibility index (Phi) is 4.74. The van der Waals surface area contributed by atoms with Crippen LogP contribution in [-0.2, 0) is 6.54 Å². The predicted octanol–water partition coefficient (Wildman–Crippen LogP) is 3.59. The monoisotopic (exact) mass is 320 g/mol. The molecule has 2 N–H and O–H groups in total. The number of aryl methyl sites for hydroxylation is 1. The molecule has 5 heteroatoms. The minimum atomic E-state index is 0.739. The molecular formula is C14H17BrN4. The Balaban J connectivity index is 2.09. The lowest BCUT2D eigenvalue weighted by Gasteiger charge is -2.11. The number of aromatic nitrogens is 2. The van der Waals surface area contributed by atoms with E-state index in [1.807, 2.05) is 6.92 Å². The van der Waals surface area contributed by atoms with E-state index < -0.39 is 0 Å². The molecule has 0 saturated carbocycles. The SMILES string of the molecule is CCNc1ncnc(NCc2cccc(C)c2)c1Br. The van der Waals surface area contributed by atoms with E-state index >= 15 is 0 Å². The molecule has 0 spiro atoms. The third kappa shape index (κ3) is 3.67. The van der Waals surface area contributed by atoms with Crippen molar-refractivity contribution in [3.8, 4) is 0 Å². The smallest absolute Gasteiger partial charge is 0.146 e. The molecule has 2 aromatic rings. The second kappa shape index (κ2) is 6.52. The molecule has 0 fully saturated rings. The fourth-order valence-electron chi connectivity index (χ4n) is 1.79. The molecule has 0 aliphatic heterocycles. The predicted molar refractivity (Wildman–Crippen MR) is 82.4 cm³/mol. The summed E-state index contributed by atoms with van der Waals surface area (Å²) in [7, 11) is 0. The Morgan fingerprint density at radius 1 is 1.16 bits per heavy atom. The van der Waals surface area contributed by atoms with Crippen molar-refractivity contribution < 1.29 is 0 Å². The molecule has 19 heavy (non-hydrogen) atoms. The van der Waals surface area contributed by atoms with Gasteiger partial charge in [0, 0.05) is 13.1 Å². The summed E-state index contributed by atoms with van der Waals surface area (Å²) >= 11 is 3.52. The van der Waals surface area contributed by atoms with Gasteiger partial charge < -0.3 is 10.6 Å². The highest BCUT2D eigenvalue weighted by Crippen LogP contribution is 2.26. The van der Waals surface area contributed by atoms with Crippen LogP contribution in [0.3, 0.4) is 0 Å². The molecule has 100 valence electrons. The second-order valence-electron chi connectivity index (χ2n) is 4.26. The van der Waals surface area contributed by atoms with Crippen molar-refractivity contribution in [1.82, 2.24) is 9.97 Å². The number of benzene rings is 1. The van der Waals surface area contributed by atoms with Crippen molar-refractivity contribution in [1.29, 1.82) is 0 Å². The molecule has 1 aromatic heterocycles. The van der Waals surface area contributed by atoms with Gasteiger partial charge in [-0.1, -0.05) is 29.8 Å². The van der Waals surface area contributed by atoms with Crippen molar-refractivity contribution in [3.63, 3.8) is 0 Å². The molecule has 0 unspecified atom stereocenters. The molecule has 0 aliphatic rings. The number of rotatable bonds is 5. The third-order valence-corrected chi connectivity index (χ3v) is 3.43. The first-order chi connectivity index (χ1) is 9.20. The van der Waals surface area contributed by atoms with Crippen LogP contribution in [-0.4, -0.2) is 16.5 Å². The number of nitrogens with zero attached hydrogens (tertiary/aromatic N) is 2. The van der Waals surface area contributed by atoms with Crippen molar-refractivity contribution in [2.24, 2.45) is 0 Å². The van der Waals surface area contributed by atoms with Gasteiger partial charge in [0.15, 0.2) is 0 Å². The van der Waals surface area contributed by atoms with Gasteiger partial charge in [-0.2, -0.15) is 0 Å². The van der Waals surface area contributed by atoms with E-state index in [1.165, 1.54) is 11.1 Å². The van der Waals surface area contributed by atoms with Gasteiger partial charge in [0.25, 0.3) is 0 Å². The van der Waals surface area contributed by atoms with Crippen LogP contribution in [0.15, 0.2) is 35.1 Å². The van der Waals surface area contributed by atoms with Gasteiger partial charge in [-0.3, -0.25) is 0 Å². The minimum absolute atomic E-state index is 0.739. The van der Waals surface area contributed by atoms with E-state index in [1.54, 1.807) is 6.33 Å². The first-order valence-corrected chi connectivity index (χ1v) is 7.03. The molecule has 0 amide bonds. The van der Waals surface area contributed by atoms with Crippen LogP contribution in [0, 0.1) is 6.92 Å². The van der Waals surface area contributed by atoms with Crippen LogP contribution in [0.4, 0.5) is 11.6 Å². The summed E-state index contributed by atoms with van der Waals surface area (Å²) < 4.78 is 0.865. The zero-order valence-corrected chi connectivity index (χ0v) is 12.7. The molecule has 2 rings (SSSR count). The zero-order chi connectivity index (χ0) is 13.7. The normalized spacial score (nSPS) is 10.3. The molecule has 0 atom stereocenters. The number of nitrogens with one attached hydrogen (secondary N) is 2. The van der Waals surface area contributed by atoms with Crippen LogP contribution in [0.5, 0.6) is 0 Å². The lowest BCUT2D eigenvalue weighted by molar-refractivity contribution is 1.05. The third-order valence-electron chi connectivity index (χ3n) is 2.68. The summed E-state index contributed by atoms with van der Waals surface area (Å²) in [4.78, 5) is 8.44. The molecule has 0 aliphatic carbocycles. The van der Waals surface area contributed by atoms with Crippen LogP contribution in [0.2, 0.25) is 0 Å². The molecule has 1 heterocycles. The summed E-state index contributed by atoms with van der Waals surface area (Å²) in [6.45, 7) is 5.69. The molecule has 0 radical (unpaired) electrons. The summed E-state index contributed by atoms with van der Waals surface area (Å²) in [5.74, 6) is 1.61. The van der Waals surface area contributed by atoms with Crippen LogP contribution in [0.25, 0.3) is 0 Å². The van der Waals surface area contributed by atoms with Gasteiger partial charge in [0.2, 0.25) is 0 Å². The van der Waals surface area contributed by atoms with Crippen molar-refractivity contribution in [2.45, 2.75) is 20.4 Å². The summed E-state index contributed by atoms with van der Waals surface area (Å²) in [5.41, 5.74) is 2.49. The second-order valence-corrected chi connectivity index (χ2v) is 5.05. The van der Waals surface area contributed by atoms with Gasteiger partial charge in [-0.25, -0.2) is 9.97 Å². The highest BCUT2D eigenvalue weighted by Gasteiger charge is 2.07. The first-order valence-electron chi connectivity index (χ1n) is 6.24. The number of hydrogen-bond donors (Lipinski definition) is 2. The van der Waals surface area contributed by atoms with Crippen molar-refractivity contribution in [2.75, 3.05) is 17.2 Å². The Hall–Kier alpha value is -1.62. The zero-order valence-electron chi connectivity index (χ0n) is 11.1.